The van der Waals surface area contributed by atoms with Gasteiger partial charge in [-0.1, -0.05) is 26.7 Å². The van der Waals surface area contributed by atoms with Crippen LogP contribution in [0.25, 0.3) is 0 Å². The fourth-order valence-corrected chi connectivity index (χ4v) is 2.29. The first-order chi connectivity index (χ1) is 7.59. The lowest BCUT2D eigenvalue weighted by Crippen LogP contribution is -2.40. The zero-order valence-corrected chi connectivity index (χ0v) is 10.9. The quantitative estimate of drug-likeness (QED) is 0.751. The van der Waals surface area contributed by atoms with Crippen molar-refractivity contribution in [3.63, 3.8) is 0 Å². The number of aliphatic hydroxyl groups excluding tert-OH is 1. The predicted molar refractivity (Wildman–Crippen MR) is 68.4 cm³/mol. The summed E-state index contributed by atoms with van der Waals surface area (Å²) in [5, 5.41) is 9.41. The van der Waals surface area contributed by atoms with Gasteiger partial charge in [-0.25, -0.2) is 0 Å². The standard InChI is InChI=1S/C13H28N2O/c1-13(2,11-14)7-9-15-8-5-3-4-6-12(15)10-16/h12,16H,3-11,14H2,1-2H3. The van der Waals surface area contributed by atoms with E-state index in [0.717, 1.165) is 32.5 Å². The van der Waals surface area contributed by atoms with Gasteiger partial charge in [-0.15, -0.1) is 0 Å². The summed E-state index contributed by atoms with van der Waals surface area (Å²) < 4.78 is 0. The maximum atomic E-state index is 9.41. The van der Waals surface area contributed by atoms with Crippen molar-refractivity contribution < 1.29 is 5.11 Å². The molecule has 1 aliphatic heterocycles. The fraction of sp³-hybridized carbons (Fsp3) is 1.00. The fourth-order valence-electron chi connectivity index (χ4n) is 2.29. The van der Waals surface area contributed by atoms with Crippen LogP contribution in [0, 0.1) is 5.41 Å². The van der Waals surface area contributed by atoms with Crippen LogP contribution in [0.1, 0.15) is 46.0 Å². The van der Waals surface area contributed by atoms with Crippen molar-refractivity contribution in [3.8, 4) is 0 Å². The summed E-state index contributed by atoms with van der Waals surface area (Å²) in [7, 11) is 0. The summed E-state index contributed by atoms with van der Waals surface area (Å²) in [5.74, 6) is 0. The molecule has 1 atom stereocenters. The maximum absolute atomic E-state index is 9.41. The van der Waals surface area contributed by atoms with Gasteiger partial charge < -0.3 is 10.8 Å². The Labute approximate surface area is 100 Å². The van der Waals surface area contributed by atoms with Gasteiger partial charge in [0.15, 0.2) is 0 Å². The Balaban J connectivity index is 2.42. The molecule has 1 saturated heterocycles. The van der Waals surface area contributed by atoms with E-state index in [1.54, 1.807) is 0 Å². The van der Waals surface area contributed by atoms with E-state index in [-0.39, 0.29) is 5.41 Å². The van der Waals surface area contributed by atoms with Gasteiger partial charge in [0, 0.05) is 6.04 Å². The average Bonchev–Trinajstić information content (AvgIpc) is 2.51. The second-order valence-electron chi connectivity index (χ2n) is 5.84. The van der Waals surface area contributed by atoms with E-state index in [1.807, 2.05) is 0 Å². The zero-order chi connectivity index (χ0) is 12.0. The Kier molecular flexibility index (Phi) is 5.73. The highest BCUT2D eigenvalue weighted by Gasteiger charge is 2.23. The van der Waals surface area contributed by atoms with Crippen LogP contribution in [0.3, 0.4) is 0 Å². The Morgan fingerprint density at radius 1 is 1.31 bits per heavy atom. The lowest BCUT2D eigenvalue weighted by molar-refractivity contribution is 0.111. The van der Waals surface area contributed by atoms with E-state index in [4.69, 9.17) is 5.73 Å². The van der Waals surface area contributed by atoms with E-state index in [2.05, 4.69) is 18.7 Å². The van der Waals surface area contributed by atoms with Gasteiger partial charge in [0.25, 0.3) is 0 Å². The number of likely N-dealkylation sites (tertiary alicyclic amines) is 1. The summed E-state index contributed by atoms with van der Waals surface area (Å²) in [6.45, 7) is 7.71. The molecule has 1 unspecified atom stereocenters. The summed E-state index contributed by atoms with van der Waals surface area (Å²) in [6.07, 6.45) is 6.13. The van der Waals surface area contributed by atoms with Crippen molar-refractivity contribution >= 4 is 0 Å². The van der Waals surface area contributed by atoms with E-state index in [1.165, 1.54) is 19.3 Å². The molecule has 0 aromatic heterocycles. The molecule has 96 valence electrons. The number of aliphatic hydroxyl groups is 1. The van der Waals surface area contributed by atoms with E-state index < -0.39 is 0 Å². The zero-order valence-electron chi connectivity index (χ0n) is 10.9. The molecule has 1 fully saturated rings. The van der Waals surface area contributed by atoms with E-state index in [0.29, 0.717) is 12.6 Å². The van der Waals surface area contributed by atoms with Crippen LogP contribution in [0.15, 0.2) is 0 Å². The van der Waals surface area contributed by atoms with E-state index in [9.17, 15) is 5.11 Å². The summed E-state index contributed by atoms with van der Waals surface area (Å²) in [4.78, 5) is 2.46. The molecule has 16 heavy (non-hydrogen) atoms. The van der Waals surface area contributed by atoms with Crippen molar-refractivity contribution in [3.05, 3.63) is 0 Å². The molecule has 0 amide bonds. The van der Waals surface area contributed by atoms with Gasteiger partial charge in [0.1, 0.15) is 0 Å². The van der Waals surface area contributed by atoms with Crippen molar-refractivity contribution in [2.75, 3.05) is 26.2 Å². The van der Waals surface area contributed by atoms with Gasteiger partial charge in [0.05, 0.1) is 6.61 Å². The minimum Gasteiger partial charge on any atom is -0.395 e. The van der Waals surface area contributed by atoms with Crippen LogP contribution < -0.4 is 5.73 Å². The second-order valence-corrected chi connectivity index (χ2v) is 5.84. The third-order valence-corrected chi connectivity index (χ3v) is 3.84. The lowest BCUT2D eigenvalue weighted by Gasteiger charge is -2.32. The minimum atomic E-state index is 0.228. The van der Waals surface area contributed by atoms with Crippen molar-refractivity contribution in [2.24, 2.45) is 11.1 Å². The molecule has 0 aromatic carbocycles. The van der Waals surface area contributed by atoms with Crippen molar-refractivity contribution in [2.45, 2.75) is 52.0 Å². The molecule has 3 N–H and O–H groups in total. The highest BCUT2D eigenvalue weighted by Crippen LogP contribution is 2.22. The number of nitrogens with two attached hydrogens (primary N) is 1. The van der Waals surface area contributed by atoms with Gasteiger partial charge in [-0.05, 0) is 44.3 Å². The Bertz CT molecular complexity index is 194. The van der Waals surface area contributed by atoms with Crippen LogP contribution in [-0.4, -0.2) is 42.3 Å². The Morgan fingerprint density at radius 3 is 2.69 bits per heavy atom. The first-order valence-corrected chi connectivity index (χ1v) is 6.64. The summed E-state index contributed by atoms with van der Waals surface area (Å²) in [5.41, 5.74) is 5.98. The first-order valence-electron chi connectivity index (χ1n) is 6.64. The SMILES string of the molecule is CC(C)(CN)CCN1CCCCCC1CO. The molecule has 0 spiro atoms. The monoisotopic (exact) mass is 228 g/mol. The molecule has 3 heteroatoms. The highest BCUT2D eigenvalue weighted by molar-refractivity contribution is 4.78. The molecule has 0 saturated carbocycles. The molecule has 0 aromatic rings. The molecule has 1 aliphatic rings. The second kappa shape index (κ2) is 6.58. The van der Waals surface area contributed by atoms with Crippen LogP contribution >= 0.6 is 0 Å². The molecular formula is C13H28N2O. The van der Waals surface area contributed by atoms with Crippen LogP contribution in [0.2, 0.25) is 0 Å². The third kappa shape index (κ3) is 4.40. The third-order valence-electron chi connectivity index (χ3n) is 3.84. The molecule has 0 radical (unpaired) electrons. The van der Waals surface area contributed by atoms with E-state index >= 15 is 0 Å². The summed E-state index contributed by atoms with van der Waals surface area (Å²) >= 11 is 0. The number of rotatable bonds is 5. The van der Waals surface area contributed by atoms with Crippen LogP contribution in [0.5, 0.6) is 0 Å². The lowest BCUT2D eigenvalue weighted by atomic mass is 9.89. The van der Waals surface area contributed by atoms with Crippen molar-refractivity contribution in [1.82, 2.24) is 4.90 Å². The molecule has 0 bridgehead atoms. The first kappa shape index (κ1) is 13.9. The smallest absolute Gasteiger partial charge is 0.0586 e. The van der Waals surface area contributed by atoms with Crippen LogP contribution in [-0.2, 0) is 0 Å². The van der Waals surface area contributed by atoms with Gasteiger partial charge in [0.2, 0.25) is 0 Å². The number of hydrogen-bond acceptors (Lipinski definition) is 3. The average molecular weight is 228 g/mol. The van der Waals surface area contributed by atoms with Crippen molar-refractivity contribution in [1.29, 1.82) is 0 Å². The molecule has 1 heterocycles. The predicted octanol–water partition coefficient (Wildman–Crippen LogP) is 1.60. The Hall–Kier alpha value is -0.120. The summed E-state index contributed by atoms with van der Waals surface area (Å²) in [6, 6.07) is 0.385. The highest BCUT2D eigenvalue weighted by atomic mass is 16.3. The minimum absolute atomic E-state index is 0.228. The Morgan fingerprint density at radius 2 is 2.06 bits per heavy atom. The largest absolute Gasteiger partial charge is 0.395 e. The van der Waals surface area contributed by atoms with Gasteiger partial charge >= 0.3 is 0 Å². The molecule has 3 nitrogen and oxygen atoms in total. The van der Waals surface area contributed by atoms with Gasteiger partial charge in [-0.2, -0.15) is 0 Å². The molecular weight excluding hydrogens is 200 g/mol. The maximum Gasteiger partial charge on any atom is 0.0586 e. The molecule has 0 aliphatic carbocycles. The molecule has 1 rings (SSSR count). The number of nitrogens with zero attached hydrogens (tertiary/aromatic N) is 1. The number of hydrogen-bond donors (Lipinski definition) is 2. The normalized spacial score (nSPS) is 24.4. The van der Waals surface area contributed by atoms with Crippen LogP contribution in [0.4, 0.5) is 0 Å². The topological polar surface area (TPSA) is 49.5 Å². The van der Waals surface area contributed by atoms with Gasteiger partial charge in [-0.3, -0.25) is 4.90 Å².